The van der Waals surface area contributed by atoms with Crippen LogP contribution < -0.4 is 10.6 Å². The molecule has 2 aromatic rings. The summed E-state index contributed by atoms with van der Waals surface area (Å²) >= 11 is 0. The predicted octanol–water partition coefficient (Wildman–Crippen LogP) is 3.91. The lowest BCUT2D eigenvalue weighted by molar-refractivity contribution is -0.124. The fourth-order valence-electron chi connectivity index (χ4n) is 3.17. The van der Waals surface area contributed by atoms with Crippen molar-refractivity contribution in [2.24, 2.45) is 5.92 Å². The molecule has 30 heavy (non-hydrogen) atoms. The van der Waals surface area contributed by atoms with E-state index in [4.69, 9.17) is 0 Å². The first kappa shape index (κ1) is 23.6. The zero-order chi connectivity index (χ0) is 22.3. The summed E-state index contributed by atoms with van der Waals surface area (Å²) < 4.78 is 0. The van der Waals surface area contributed by atoms with Gasteiger partial charge in [-0.15, -0.1) is 0 Å². The van der Waals surface area contributed by atoms with E-state index < -0.39 is 6.04 Å². The fraction of sp³-hybridized carbons (Fsp3) is 0.440. The SMILES string of the molecule is Cc1cccc(C(=O)NC(C(=O)NCc2ccccc2CN(C)C(C)C)C(C)C)c1. The minimum Gasteiger partial charge on any atom is -0.350 e. The molecule has 0 aliphatic heterocycles. The highest BCUT2D eigenvalue weighted by Crippen LogP contribution is 2.13. The van der Waals surface area contributed by atoms with E-state index in [1.54, 1.807) is 6.07 Å². The largest absolute Gasteiger partial charge is 0.350 e. The van der Waals surface area contributed by atoms with E-state index in [0.29, 0.717) is 18.2 Å². The highest BCUT2D eigenvalue weighted by molar-refractivity contribution is 5.97. The van der Waals surface area contributed by atoms with Gasteiger partial charge in [-0.05, 0) is 57.0 Å². The summed E-state index contributed by atoms with van der Waals surface area (Å²) in [6.07, 6.45) is 0. The summed E-state index contributed by atoms with van der Waals surface area (Å²) in [7, 11) is 2.09. The van der Waals surface area contributed by atoms with Gasteiger partial charge >= 0.3 is 0 Å². The molecule has 2 N–H and O–H groups in total. The molecule has 162 valence electrons. The molecule has 1 atom stereocenters. The second kappa shape index (κ2) is 10.9. The van der Waals surface area contributed by atoms with Crippen molar-refractivity contribution in [1.29, 1.82) is 0 Å². The Kier molecular flexibility index (Phi) is 8.60. The van der Waals surface area contributed by atoms with Gasteiger partial charge in [0, 0.05) is 24.7 Å². The summed E-state index contributed by atoms with van der Waals surface area (Å²) in [4.78, 5) is 27.8. The van der Waals surface area contributed by atoms with Gasteiger partial charge in [0.15, 0.2) is 0 Å². The van der Waals surface area contributed by atoms with Crippen LogP contribution in [0, 0.1) is 12.8 Å². The first-order chi connectivity index (χ1) is 14.2. The molecule has 5 heteroatoms. The number of nitrogens with one attached hydrogen (secondary N) is 2. The number of aryl methyl sites for hydroxylation is 1. The average Bonchev–Trinajstić information content (AvgIpc) is 2.70. The van der Waals surface area contributed by atoms with Crippen molar-refractivity contribution in [1.82, 2.24) is 15.5 Å². The first-order valence-electron chi connectivity index (χ1n) is 10.6. The van der Waals surface area contributed by atoms with E-state index in [0.717, 1.165) is 17.7 Å². The number of amides is 2. The van der Waals surface area contributed by atoms with Crippen LogP contribution in [0.2, 0.25) is 0 Å². The second-order valence-electron chi connectivity index (χ2n) is 8.56. The molecular weight excluding hydrogens is 374 g/mol. The van der Waals surface area contributed by atoms with Gasteiger partial charge in [-0.25, -0.2) is 0 Å². The quantitative estimate of drug-likeness (QED) is 0.660. The van der Waals surface area contributed by atoms with Crippen molar-refractivity contribution < 1.29 is 9.59 Å². The van der Waals surface area contributed by atoms with Crippen molar-refractivity contribution in [3.8, 4) is 0 Å². The van der Waals surface area contributed by atoms with Crippen LogP contribution in [0.4, 0.5) is 0 Å². The van der Waals surface area contributed by atoms with Crippen molar-refractivity contribution in [2.45, 2.75) is 59.8 Å². The Morgan fingerprint density at radius 1 is 0.967 bits per heavy atom. The number of hydrogen-bond donors (Lipinski definition) is 2. The average molecular weight is 410 g/mol. The maximum Gasteiger partial charge on any atom is 0.251 e. The van der Waals surface area contributed by atoms with Crippen LogP contribution >= 0.6 is 0 Å². The molecule has 0 heterocycles. The molecule has 2 amide bonds. The van der Waals surface area contributed by atoms with Gasteiger partial charge in [-0.3, -0.25) is 14.5 Å². The molecular formula is C25H35N3O2. The van der Waals surface area contributed by atoms with Gasteiger partial charge in [0.05, 0.1) is 0 Å². The Balaban J connectivity index is 2.05. The Morgan fingerprint density at radius 2 is 1.63 bits per heavy atom. The van der Waals surface area contributed by atoms with Crippen LogP contribution in [0.3, 0.4) is 0 Å². The summed E-state index contributed by atoms with van der Waals surface area (Å²) in [5, 5.41) is 5.92. The molecule has 0 bridgehead atoms. The van der Waals surface area contributed by atoms with E-state index in [1.165, 1.54) is 5.56 Å². The van der Waals surface area contributed by atoms with Crippen LogP contribution in [0.5, 0.6) is 0 Å². The maximum absolute atomic E-state index is 12.9. The molecule has 0 saturated heterocycles. The summed E-state index contributed by atoms with van der Waals surface area (Å²) in [5.74, 6) is -0.425. The van der Waals surface area contributed by atoms with Crippen molar-refractivity contribution in [3.05, 3.63) is 70.8 Å². The monoisotopic (exact) mass is 409 g/mol. The number of benzene rings is 2. The minimum atomic E-state index is -0.594. The zero-order valence-electron chi connectivity index (χ0n) is 19.0. The Bertz CT molecular complexity index is 861. The number of carbonyl (C=O) groups is 2. The highest BCUT2D eigenvalue weighted by Gasteiger charge is 2.24. The molecule has 5 nitrogen and oxygen atoms in total. The third kappa shape index (κ3) is 6.70. The molecule has 0 aromatic heterocycles. The molecule has 0 radical (unpaired) electrons. The predicted molar refractivity (Wildman–Crippen MR) is 122 cm³/mol. The topological polar surface area (TPSA) is 61.4 Å². The standard InChI is InChI=1S/C25H35N3O2/c1-17(2)23(27-24(29)20-13-9-10-19(5)14-20)25(30)26-15-21-11-7-8-12-22(21)16-28(6)18(3)4/h7-14,17-18,23H,15-16H2,1-6H3,(H,26,30)(H,27,29). The number of carbonyl (C=O) groups excluding carboxylic acids is 2. The number of hydrogen-bond acceptors (Lipinski definition) is 3. The lowest BCUT2D eigenvalue weighted by Gasteiger charge is -2.24. The molecule has 0 aliphatic rings. The molecule has 1 unspecified atom stereocenters. The van der Waals surface area contributed by atoms with Crippen molar-refractivity contribution in [3.63, 3.8) is 0 Å². The van der Waals surface area contributed by atoms with Gasteiger partial charge in [0.2, 0.25) is 5.91 Å². The van der Waals surface area contributed by atoms with Gasteiger partial charge in [0.1, 0.15) is 6.04 Å². The van der Waals surface area contributed by atoms with Crippen LogP contribution in [0.1, 0.15) is 54.7 Å². The maximum atomic E-state index is 12.9. The molecule has 0 aliphatic carbocycles. The molecule has 0 spiro atoms. The highest BCUT2D eigenvalue weighted by atomic mass is 16.2. The van der Waals surface area contributed by atoms with Crippen LogP contribution in [0.25, 0.3) is 0 Å². The molecule has 0 fully saturated rings. The fourth-order valence-corrected chi connectivity index (χ4v) is 3.17. The normalized spacial score (nSPS) is 12.3. The van der Waals surface area contributed by atoms with Crippen molar-refractivity contribution >= 4 is 11.8 Å². The van der Waals surface area contributed by atoms with E-state index >= 15 is 0 Å². The van der Waals surface area contributed by atoms with Gasteiger partial charge in [0.25, 0.3) is 5.91 Å². The summed E-state index contributed by atoms with van der Waals surface area (Å²) in [5.41, 5.74) is 3.86. The van der Waals surface area contributed by atoms with Gasteiger partial charge in [-0.1, -0.05) is 55.8 Å². The third-order valence-electron chi connectivity index (χ3n) is 5.39. The van der Waals surface area contributed by atoms with E-state index in [1.807, 2.05) is 57.2 Å². The van der Waals surface area contributed by atoms with E-state index in [9.17, 15) is 9.59 Å². The zero-order valence-corrected chi connectivity index (χ0v) is 19.0. The summed E-state index contributed by atoms with van der Waals surface area (Å²) in [6, 6.07) is 15.4. The lowest BCUT2D eigenvalue weighted by Crippen LogP contribution is -2.49. The van der Waals surface area contributed by atoms with Crippen molar-refractivity contribution in [2.75, 3.05) is 7.05 Å². The van der Waals surface area contributed by atoms with E-state index in [-0.39, 0.29) is 17.7 Å². The second-order valence-corrected chi connectivity index (χ2v) is 8.56. The van der Waals surface area contributed by atoms with E-state index in [2.05, 4.69) is 42.5 Å². The Labute approximate surface area is 180 Å². The minimum absolute atomic E-state index is 0.0268. The number of rotatable bonds is 9. The first-order valence-corrected chi connectivity index (χ1v) is 10.6. The van der Waals surface area contributed by atoms with Gasteiger partial charge < -0.3 is 10.6 Å². The third-order valence-corrected chi connectivity index (χ3v) is 5.39. The number of nitrogens with zero attached hydrogens (tertiary/aromatic N) is 1. The molecule has 0 saturated carbocycles. The lowest BCUT2D eigenvalue weighted by atomic mass is 10.0. The van der Waals surface area contributed by atoms with Gasteiger partial charge in [-0.2, -0.15) is 0 Å². The van der Waals surface area contributed by atoms with Crippen LogP contribution in [-0.2, 0) is 17.9 Å². The molecule has 2 rings (SSSR count). The Morgan fingerprint density at radius 3 is 2.23 bits per heavy atom. The molecule has 2 aromatic carbocycles. The smallest absolute Gasteiger partial charge is 0.251 e. The van der Waals surface area contributed by atoms with Crippen LogP contribution in [0.15, 0.2) is 48.5 Å². The summed E-state index contributed by atoms with van der Waals surface area (Å²) in [6.45, 7) is 11.4. The Hall–Kier alpha value is -2.66. The van der Waals surface area contributed by atoms with Crippen LogP contribution in [-0.4, -0.2) is 35.8 Å².